The molecule has 0 aromatic carbocycles. The Morgan fingerprint density at radius 1 is 0.800 bits per heavy atom. The van der Waals surface area contributed by atoms with Crippen LogP contribution in [-0.2, 0) is 38.2 Å². The Labute approximate surface area is 252 Å². The van der Waals surface area contributed by atoms with Gasteiger partial charge in [-0.2, -0.15) is 0 Å². The summed E-state index contributed by atoms with van der Waals surface area (Å²) in [5.41, 5.74) is 0. The first-order valence-electron chi connectivity index (χ1n) is 12.8. The van der Waals surface area contributed by atoms with E-state index in [1.807, 2.05) is 0 Å². The Morgan fingerprint density at radius 3 is 1.88 bits per heavy atom. The summed E-state index contributed by atoms with van der Waals surface area (Å²) in [5.74, 6) is -3.96. The molecule has 0 aliphatic carbocycles. The van der Waals surface area contributed by atoms with E-state index in [0.29, 0.717) is 19.4 Å². The first-order chi connectivity index (χ1) is 19.1. The second-order valence-electron chi connectivity index (χ2n) is 8.52. The molecule has 0 radical (unpaired) electrons. The highest BCUT2D eigenvalue weighted by Gasteiger charge is 2.27. The quantitative estimate of drug-likeness (QED) is 0.0780. The lowest BCUT2D eigenvalue weighted by Crippen LogP contribution is -2.41. The first kappa shape index (κ1) is 38.0. The molecule has 16 heteroatoms. The largest absolute Gasteiger partial charge is 0.481 e. The fourth-order valence-electron chi connectivity index (χ4n) is 3.34. The SMILES string of the molecule is O=C(O)CC[C@@H](CC(=O)COCCOCCNC(=O)CBr)C(=O)N(CCCNC(=O)CCl)CCCNC(=O)CCl. The molecule has 0 unspecified atom stereocenters. The molecule has 0 aliphatic rings. The predicted octanol–water partition coefficient (Wildman–Crippen LogP) is 0.290. The van der Waals surface area contributed by atoms with Crippen molar-refractivity contribution in [2.45, 2.75) is 32.1 Å². The van der Waals surface area contributed by atoms with Crippen LogP contribution in [0.1, 0.15) is 32.1 Å². The number of carbonyl (C=O) groups is 6. The van der Waals surface area contributed by atoms with Gasteiger partial charge >= 0.3 is 5.97 Å². The maximum Gasteiger partial charge on any atom is 0.303 e. The van der Waals surface area contributed by atoms with Crippen molar-refractivity contribution in [2.75, 3.05) is 76.2 Å². The zero-order valence-corrected chi connectivity index (χ0v) is 25.5. The molecule has 0 aromatic rings. The van der Waals surface area contributed by atoms with Gasteiger partial charge in [-0.25, -0.2) is 0 Å². The number of carboxylic acid groups (broad SMARTS) is 1. The highest BCUT2D eigenvalue weighted by Crippen LogP contribution is 2.17. The number of halogens is 3. The summed E-state index contributed by atoms with van der Waals surface area (Å²) in [5, 5.41) is 17.2. The van der Waals surface area contributed by atoms with Gasteiger partial charge in [0.2, 0.25) is 23.6 Å². The van der Waals surface area contributed by atoms with Crippen LogP contribution in [0.3, 0.4) is 0 Å². The molecule has 13 nitrogen and oxygen atoms in total. The molecule has 0 rings (SSSR count). The van der Waals surface area contributed by atoms with Crippen molar-refractivity contribution in [3.63, 3.8) is 0 Å². The highest BCUT2D eigenvalue weighted by atomic mass is 79.9. The average molecular weight is 678 g/mol. The third kappa shape index (κ3) is 20.8. The summed E-state index contributed by atoms with van der Waals surface area (Å²) in [6.45, 7) is 1.71. The molecule has 4 N–H and O–H groups in total. The molecule has 0 aromatic heterocycles. The minimum Gasteiger partial charge on any atom is -0.481 e. The number of nitrogens with one attached hydrogen (secondary N) is 3. The van der Waals surface area contributed by atoms with Gasteiger partial charge < -0.3 is 35.4 Å². The molecule has 0 heterocycles. The lowest BCUT2D eigenvalue weighted by molar-refractivity contribution is -0.141. The number of nitrogens with zero attached hydrogens (tertiary/aromatic N) is 1. The molecule has 0 bridgehead atoms. The molecule has 40 heavy (non-hydrogen) atoms. The van der Waals surface area contributed by atoms with Gasteiger partial charge in [-0.3, -0.25) is 28.8 Å². The van der Waals surface area contributed by atoms with E-state index in [-0.39, 0.29) is 112 Å². The van der Waals surface area contributed by atoms with E-state index >= 15 is 0 Å². The van der Waals surface area contributed by atoms with Crippen LogP contribution in [-0.4, -0.2) is 122 Å². The van der Waals surface area contributed by atoms with E-state index in [4.69, 9.17) is 37.8 Å². The summed E-state index contributed by atoms with van der Waals surface area (Å²) < 4.78 is 10.6. The maximum absolute atomic E-state index is 13.4. The van der Waals surface area contributed by atoms with Gasteiger partial charge in [-0.1, -0.05) is 15.9 Å². The topological polar surface area (TPSA) is 180 Å². The van der Waals surface area contributed by atoms with Crippen LogP contribution in [0.15, 0.2) is 0 Å². The molecule has 0 saturated carbocycles. The van der Waals surface area contributed by atoms with E-state index in [1.54, 1.807) is 0 Å². The molecule has 0 saturated heterocycles. The summed E-state index contributed by atoms with van der Waals surface area (Å²) >= 11 is 14.0. The summed E-state index contributed by atoms with van der Waals surface area (Å²) in [4.78, 5) is 72.5. The number of alkyl halides is 3. The van der Waals surface area contributed by atoms with Crippen molar-refractivity contribution in [1.82, 2.24) is 20.9 Å². The number of hydrogen-bond donors (Lipinski definition) is 4. The lowest BCUT2D eigenvalue weighted by Gasteiger charge is -2.27. The number of carbonyl (C=O) groups excluding carboxylic acids is 5. The van der Waals surface area contributed by atoms with E-state index in [0.717, 1.165) is 0 Å². The standard InChI is InChI=1S/C24H39BrCl2N4O9/c25-14-20(33)30-7-10-39-11-12-40-17-19(32)13-18(3-4-23(36)37)24(38)31(8-1-5-28-21(34)15-26)9-2-6-29-22(35)16-27/h18H,1-17H2,(H,28,34)(H,29,35)(H,30,33)(H,36,37)/t18-/m0/s1. The Balaban J connectivity index is 4.93. The van der Waals surface area contributed by atoms with Crippen molar-refractivity contribution < 1.29 is 43.3 Å². The van der Waals surface area contributed by atoms with Crippen molar-refractivity contribution in [3.05, 3.63) is 0 Å². The molecule has 230 valence electrons. The number of Topliss-reactive ketones (excluding diaryl/α,β-unsaturated/α-hetero) is 1. The zero-order valence-electron chi connectivity index (χ0n) is 22.4. The van der Waals surface area contributed by atoms with E-state index in [9.17, 15) is 28.8 Å². The van der Waals surface area contributed by atoms with Gasteiger partial charge in [0.1, 0.15) is 18.4 Å². The monoisotopic (exact) mass is 676 g/mol. The smallest absolute Gasteiger partial charge is 0.303 e. The molecular formula is C24H39BrCl2N4O9. The summed E-state index contributed by atoms with van der Waals surface area (Å²) in [7, 11) is 0. The summed E-state index contributed by atoms with van der Waals surface area (Å²) in [6.07, 6.45) is 0.283. The Bertz CT molecular complexity index is 784. The van der Waals surface area contributed by atoms with Gasteiger partial charge in [-0.15, -0.1) is 23.2 Å². The van der Waals surface area contributed by atoms with Crippen molar-refractivity contribution in [3.8, 4) is 0 Å². The molecule has 0 aliphatic heterocycles. The summed E-state index contributed by atoms with van der Waals surface area (Å²) in [6, 6.07) is 0. The van der Waals surface area contributed by atoms with Gasteiger partial charge in [0.15, 0.2) is 5.78 Å². The number of carboxylic acids is 1. The molecule has 1 atom stereocenters. The predicted molar refractivity (Wildman–Crippen MR) is 152 cm³/mol. The van der Waals surface area contributed by atoms with Crippen molar-refractivity contribution in [2.24, 2.45) is 5.92 Å². The number of ether oxygens (including phenoxy) is 2. The van der Waals surface area contributed by atoms with E-state index in [2.05, 4.69) is 31.9 Å². The minimum absolute atomic E-state index is 0.0361. The fourth-order valence-corrected chi connectivity index (χ4v) is 3.73. The number of rotatable bonds is 25. The van der Waals surface area contributed by atoms with Crippen LogP contribution in [0.5, 0.6) is 0 Å². The van der Waals surface area contributed by atoms with Crippen molar-refractivity contribution in [1.29, 1.82) is 0 Å². The highest BCUT2D eigenvalue weighted by molar-refractivity contribution is 9.09. The lowest BCUT2D eigenvalue weighted by atomic mass is 9.95. The number of ketones is 1. The van der Waals surface area contributed by atoms with Crippen LogP contribution in [0.4, 0.5) is 0 Å². The van der Waals surface area contributed by atoms with Crippen LogP contribution in [0.25, 0.3) is 0 Å². The Hall–Kier alpha value is -2.00. The second kappa shape index (κ2) is 24.8. The third-order valence-corrected chi connectivity index (χ3v) is 6.26. The number of amides is 4. The number of aliphatic carboxylic acids is 1. The first-order valence-corrected chi connectivity index (χ1v) is 15.0. The molecular weight excluding hydrogens is 639 g/mol. The average Bonchev–Trinajstić information content (AvgIpc) is 2.94. The van der Waals surface area contributed by atoms with Crippen LogP contribution in [0, 0.1) is 5.92 Å². The fraction of sp³-hybridized carbons (Fsp3) is 0.750. The molecule has 4 amide bonds. The maximum atomic E-state index is 13.4. The van der Waals surface area contributed by atoms with Gasteiger partial charge in [0.05, 0.1) is 25.2 Å². The van der Waals surface area contributed by atoms with E-state index < -0.39 is 17.8 Å². The minimum atomic E-state index is -1.09. The third-order valence-electron chi connectivity index (χ3n) is 5.26. The van der Waals surface area contributed by atoms with Crippen molar-refractivity contribution >= 4 is 74.5 Å². The van der Waals surface area contributed by atoms with Crippen LogP contribution >= 0.6 is 39.1 Å². The Kier molecular flexibility index (Phi) is 23.5. The zero-order chi connectivity index (χ0) is 30.2. The molecule has 0 spiro atoms. The van der Waals surface area contributed by atoms with Crippen LogP contribution in [0.2, 0.25) is 0 Å². The van der Waals surface area contributed by atoms with Crippen LogP contribution < -0.4 is 16.0 Å². The van der Waals surface area contributed by atoms with E-state index in [1.165, 1.54) is 4.90 Å². The second-order valence-corrected chi connectivity index (χ2v) is 9.62. The number of hydrogen-bond acceptors (Lipinski definition) is 8. The normalized spacial score (nSPS) is 11.4. The van der Waals surface area contributed by atoms with Gasteiger partial charge in [0, 0.05) is 51.5 Å². The Morgan fingerprint density at radius 2 is 1.35 bits per heavy atom. The van der Waals surface area contributed by atoms with Gasteiger partial charge in [0.25, 0.3) is 0 Å². The van der Waals surface area contributed by atoms with Gasteiger partial charge in [-0.05, 0) is 19.3 Å². The molecule has 0 fully saturated rings.